The van der Waals surface area contributed by atoms with Crippen LogP contribution in [-0.2, 0) is 6.54 Å². The van der Waals surface area contributed by atoms with Gasteiger partial charge in [-0.2, -0.15) is 0 Å². The van der Waals surface area contributed by atoms with E-state index >= 15 is 0 Å². The van der Waals surface area contributed by atoms with E-state index in [-0.39, 0.29) is 5.82 Å². The van der Waals surface area contributed by atoms with Gasteiger partial charge in [-0.3, -0.25) is 0 Å². The van der Waals surface area contributed by atoms with Gasteiger partial charge in [0.15, 0.2) is 0 Å². The molecule has 18 heavy (non-hydrogen) atoms. The Balaban J connectivity index is 2.06. The standard InChI is InChI=1S/C15H15BrFN/c1-10-3-4-12(8-14(10)16)9-18-13-5-6-15(17)11(2)7-13/h3-8,18H,9H2,1-2H3. The molecule has 0 radical (unpaired) electrons. The molecule has 0 bridgehead atoms. The molecule has 0 aliphatic carbocycles. The Hall–Kier alpha value is -1.35. The quantitative estimate of drug-likeness (QED) is 0.857. The molecule has 0 aliphatic heterocycles. The summed E-state index contributed by atoms with van der Waals surface area (Å²) >= 11 is 3.52. The summed E-state index contributed by atoms with van der Waals surface area (Å²) in [6.07, 6.45) is 0. The number of hydrogen-bond acceptors (Lipinski definition) is 1. The first-order valence-corrected chi connectivity index (χ1v) is 6.60. The van der Waals surface area contributed by atoms with Crippen LogP contribution >= 0.6 is 15.9 Å². The molecule has 1 nitrogen and oxygen atoms in total. The second kappa shape index (κ2) is 5.53. The highest BCUT2D eigenvalue weighted by Gasteiger charge is 2.00. The van der Waals surface area contributed by atoms with Gasteiger partial charge < -0.3 is 5.32 Å². The zero-order valence-electron chi connectivity index (χ0n) is 10.4. The molecule has 0 atom stereocenters. The highest BCUT2D eigenvalue weighted by Crippen LogP contribution is 2.19. The van der Waals surface area contributed by atoms with E-state index in [9.17, 15) is 4.39 Å². The predicted molar refractivity (Wildman–Crippen MR) is 77.3 cm³/mol. The molecule has 2 aromatic rings. The van der Waals surface area contributed by atoms with E-state index < -0.39 is 0 Å². The third kappa shape index (κ3) is 3.10. The van der Waals surface area contributed by atoms with Crippen molar-refractivity contribution in [2.24, 2.45) is 0 Å². The van der Waals surface area contributed by atoms with Gasteiger partial charge in [0, 0.05) is 16.7 Å². The summed E-state index contributed by atoms with van der Waals surface area (Å²) in [5.41, 5.74) is 4.00. The van der Waals surface area contributed by atoms with Crippen LogP contribution in [0.2, 0.25) is 0 Å². The van der Waals surface area contributed by atoms with Crippen LogP contribution in [0, 0.1) is 19.7 Å². The number of rotatable bonds is 3. The third-order valence-electron chi connectivity index (χ3n) is 2.89. The Morgan fingerprint density at radius 3 is 2.50 bits per heavy atom. The molecule has 0 saturated heterocycles. The summed E-state index contributed by atoms with van der Waals surface area (Å²) in [5, 5.41) is 3.29. The topological polar surface area (TPSA) is 12.0 Å². The Morgan fingerprint density at radius 2 is 1.83 bits per heavy atom. The highest BCUT2D eigenvalue weighted by atomic mass is 79.9. The molecular weight excluding hydrogens is 293 g/mol. The minimum absolute atomic E-state index is 0.168. The molecule has 0 spiro atoms. The lowest BCUT2D eigenvalue weighted by Crippen LogP contribution is -2.00. The van der Waals surface area contributed by atoms with Crippen molar-refractivity contribution in [3.8, 4) is 0 Å². The molecule has 0 amide bonds. The summed E-state index contributed by atoms with van der Waals surface area (Å²) in [4.78, 5) is 0. The maximum Gasteiger partial charge on any atom is 0.126 e. The molecule has 1 N–H and O–H groups in total. The SMILES string of the molecule is Cc1cc(NCc2ccc(C)c(Br)c2)ccc1F. The van der Waals surface area contributed by atoms with Crippen LogP contribution in [0.1, 0.15) is 16.7 Å². The fourth-order valence-corrected chi connectivity index (χ4v) is 2.13. The molecule has 0 fully saturated rings. The zero-order chi connectivity index (χ0) is 13.1. The van der Waals surface area contributed by atoms with E-state index in [0.717, 1.165) is 16.7 Å². The van der Waals surface area contributed by atoms with Crippen molar-refractivity contribution in [1.29, 1.82) is 0 Å². The normalized spacial score (nSPS) is 10.4. The number of anilines is 1. The average Bonchev–Trinajstić information content (AvgIpc) is 2.35. The van der Waals surface area contributed by atoms with Gasteiger partial charge >= 0.3 is 0 Å². The van der Waals surface area contributed by atoms with Gasteiger partial charge in [-0.15, -0.1) is 0 Å². The highest BCUT2D eigenvalue weighted by molar-refractivity contribution is 9.10. The minimum atomic E-state index is -0.168. The van der Waals surface area contributed by atoms with Gasteiger partial charge in [-0.25, -0.2) is 4.39 Å². The van der Waals surface area contributed by atoms with Crippen LogP contribution < -0.4 is 5.32 Å². The van der Waals surface area contributed by atoms with Gasteiger partial charge in [0.2, 0.25) is 0 Å². The molecule has 0 aliphatic rings. The Morgan fingerprint density at radius 1 is 1.06 bits per heavy atom. The number of nitrogens with one attached hydrogen (secondary N) is 1. The van der Waals surface area contributed by atoms with Crippen molar-refractivity contribution in [2.45, 2.75) is 20.4 Å². The van der Waals surface area contributed by atoms with Gasteiger partial charge in [-0.05, 0) is 54.8 Å². The van der Waals surface area contributed by atoms with Crippen LogP contribution in [0.15, 0.2) is 40.9 Å². The van der Waals surface area contributed by atoms with Gasteiger partial charge in [0.25, 0.3) is 0 Å². The van der Waals surface area contributed by atoms with Crippen molar-refractivity contribution in [2.75, 3.05) is 5.32 Å². The lowest BCUT2D eigenvalue weighted by molar-refractivity contribution is 0.618. The average molecular weight is 308 g/mol. The number of benzene rings is 2. The molecule has 3 heteroatoms. The molecule has 0 unspecified atom stereocenters. The summed E-state index contributed by atoms with van der Waals surface area (Å²) < 4.78 is 14.2. The Kier molecular flexibility index (Phi) is 4.02. The van der Waals surface area contributed by atoms with Crippen molar-refractivity contribution >= 4 is 21.6 Å². The molecule has 2 aromatic carbocycles. The van der Waals surface area contributed by atoms with Crippen molar-refractivity contribution < 1.29 is 4.39 Å². The monoisotopic (exact) mass is 307 g/mol. The van der Waals surface area contributed by atoms with Gasteiger partial charge in [-0.1, -0.05) is 28.1 Å². The molecule has 94 valence electrons. The second-order valence-corrected chi connectivity index (χ2v) is 5.26. The first-order valence-electron chi connectivity index (χ1n) is 5.81. The lowest BCUT2D eigenvalue weighted by atomic mass is 10.1. The summed E-state index contributed by atoms with van der Waals surface area (Å²) in [6, 6.07) is 11.3. The Bertz CT molecular complexity index is 515. The third-order valence-corrected chi connectivity index (χ3v) is 3.75. The van der Waals surface area contributed by atoms with E-state index in [0.29, 0.717) is 5.56 Å². The summed E-state index contributed by atoms with van der Waals surface area (Å²) in [7, 11) is 0. The molecule has 0 aromatic heterocycles. The smallest absolute Gasteiger partial charge is 0.126 e. The lowest BCUT2D eigenvalue weighted by Gasteiger charge is -2.09. The number of hydrogen-bond donors (Lipinski definition) is 1. The number of halogens is 2. The van der Waals surface area contributed by atoms with E-state index in [1.54, 1.807) is 13.0 Å². The molecule has 2 rings (SSSR count). The van der Waals surface area contributed by atoms with E-state index in [2.05, 4.69) is 46.4 Å². The summed E-state index contributed by atoms with van der Waals surface area (Å²) in [6.45, 7) is 4.55. The molecule has 0 saturated carbocycles. The van der Waals surface area contributed by atoms with Crippen LogP contribution in [-0.4, -0.2) is 0 Å². The predicted octanol–water partition coefficient (Wildman–Crippen LogP) is 4.82. The van der Waals surface area contributed by atoms with Crippen LogP contribution in [0.3, 0.4) is 0 Å². The number of aryl methyl sites for hydroxylation is 2. The van der Waals surface area contributed by atoms with Crippen molar-refractivity contribution in [3.05, 3.63) is 63.4 Å². The van der Waals surface area contributed by atoms with Crippen molar-refractivity contribution in [1.82, 2.24) is 0 Å². The first kappa shape index (κ1) is 13.1. The Labute approximate surface area is 115 Å². The minimum Gasteiger partial charge on any atom is -0.381 e. The largest absolute Gasteiger partial charge is 0.381 e. The first-order chi connectivity index (χ1) is 8.56. The van der Waals surface area contributed by atoms with Crippen molar-refractivity contribution in [3.63, 3.8) is 0 Å². The maximum atomic E-state index is 13.1. The fourth-order valence-electron chi connectivity index (χ4n) is 1.71. The summed E-state index contributed by atoms with van der Waals surface area (Å²) in [5.74, 6) is -0.168. The van der Waals surface area contributed by atoms with Gasteiger partial charge in [0.1, 0.15) is 5.82 Å². The molecular formula is C15H15BrFN. The van der Waals surface area contributed by atoms with E-state index in [1.165, 1.54) is 17.2 Å². The van der Waals surface area contributed by atoms with Gasteiger partial charge in [0.05, 0.1) is 0 Å². The second-order valence-electron chi connectivity index (χ2n) is 4.40. The van der Waals surface area contributed by atoms with Crippen LogP contribution in [0.5, 0.6) is 0 Å². The van der Waals surface area contributed by atoms with E-state index in [1.807, 2.05) is 6.07 Å². The zero-order valence-corrected chi connectivity index (χ0v) is 12.0. The van der Waals surface area contributed by atoms with Crippen LogP contribution in [0.4, 0.5) is 10.1 Å². The van der Waals surface area contributed by atoms with E-state index in [4.69, 9.17) is 0 Å². The van der Waals surface area contributed by atoms with Crippen LogP contribution in [0.25, 0.3) is 0 Å². The maximum absolute atomic E-state index is 13.1. The fraction of sp³-hybridized carbons (Fsp3) is 0.200. The molecule has 0 heterocycles.